The number of anilines is 2. The number of nitrogens with zero attached hydrogens (tertiary/aromatic N) is 7. The number of halogens is 1. The van der Waals surface area contributed by atoms with Crippen LogP contribution in [0.3, 0.4) is 0 Å². The summed E-state index contributed by atoms with van der Waals surface area (Å²) in [5.74, 6) is -0.0562. The maximum absolute atomic E-state index is 15.4. The fourth-order valence-corrected chi connectivity index (χ4v) is 6.93. The molecule has 9 atom stereocenters. The third kappa shape index (κ3) is 5.58. The number of hydrogen-bond donors (Lipinski definition) is 6. The summed E-state index contributed by atoms with van der Waals surface area (Å²) in [4.78, 5) is 45.9. The van der Waals surface area contributed by atoms with Crippen LogP contribution < -0.4 is 17.0 Å². The summed E-state index contributed by atoms with van der Waals surface area (Å²) in [5, 5.41) is 20.9. The van der Waals surface area contributed by atoms with Crippen molar-refractivity contribution in [1.29, 1.82) is 0 Å². The molecule has 0 bridgehead atoms. The molecule has 0 aromatic carbocycles. The number of aliphatic hydroxyl groups is 2. The van der Waals surface area contributed by atoms with Crippen molar-refractivity contribution in [3.8, 4) is 0 Å². The molecule has 8 N–H and O–H groups in total. The molecule has 0 radical (unpaired) electrons. The minimum Gasteiger partial charge on any atom is -0.394 e. The Bertz CT molecular complexity index is 1830. The molecule has 19 nitrogen and oxygen atoms in total. The van der Waals surface area contributed by atoms with Gasteiger partial charge in [-0.05, 0) is 18.7 Å². The Kier molecular flexibility index (Phi) is 8.35. The smallest absolute Gasteiger partial charge is 0.325 e. The van der Waals surface area contributed by atoms with Crippen molar-refractivity contribution in [2.75, 3.05) is 31.8 Å². The Morgan fingerprint density at radius 3 is 2.58 bits per heavy atom. The molecule has 1 unspecified atom stereocenters. The van der Waals surface area contributed by atoms with Gasteiger partial charge in [0.05, 0.1) is 31.5 Å². The van der Waals surface area contributed by atoms with E-state index in [-0.39, 0.29) is 36.0 Å². The van der Waals surface area contributed by atoms with Crippen molar-refractivity contribution in [2.45, 2.75) is 62.0 Å². The lowest BCUT2D eigenvalue weighted by molar-refractivity contribution is -0.101. The number of aliphatic hydroxyl groups excluding tert-OH is 2. The van der Waals surface area contributed by atoms with E-state index in [0.29, 0.717) is 11.2 Å². The number of methoxy groups -OCH3 is 1. The summed E-state index contributed by atoms with van der Waals surface area (Å²) in [6.07, 6.45) is -5.37. The molecule has 2 aliphatic rings. The number of alkyl halides is 1. The Morgan fingerprint density at radius 2 is 1.87 bits per heavy atom. The summed E-state index contributed by atoms with van der Waals surface area (Å²) in [5.41, 5.74) is 10.2. The topological polar surface area (TPSA) is 266 Å². The minimum absolute atomic E-state index is 0.0162. The number of H-pyrrole nitrogens is 1. The molecule has 0 amide bonds. The fourth-order valence-electron chi connectivity index (χ4n) is 5.49. The zero-order valence-electron chi connectivity index (χ0n) is 23.7. The van der Waals surface area contributed by atoms with E-state index in [4.69, 9.17) is 46.5 Å². The van der Waals surface area contributed by atoms with E-state index in [0.717, 1.165) is 6.33 Å². The first-order valence-corrected chi connectivity index (χ1v) is 16.1. The van der Waals surface area contributed by atoms with Gasteiger partial charge in [0.2, 0.25) is 5.95 Å². The van der Waals surface area contributed by atoms with Gasteiger partial charge in [0.25, 0.3) is 5.56 Å². The molecule has 2 saturated heterocycles. The monoisotopic (exact) mass is 672 g/mol. The first kappa shape index (κ1) is 31.7. The van der Waals surface area contributed by atoms with Gasteiger partial charge in [-0.15, -0.1) is 0 Å². The lowest BCUT2D eigenvalue weighted by atomic mass is 9.94. The van der Waals surface area contributed by atoms with E-state index in [1.807, 2.05) is 0 Å². The predicted molar refractivity (Wildman–Crippen MR) is 155 cm³/mol. The highest BCUT2D eigenvalue weighted by molar-refractivity contribution is 8.07. The number of nitrogen functional groups attached to an aromatic ring is 2. The largest absolute Gasteiger partial charge is 0.394 e. The zero-order valence-corrected chi connectivity index (χ0v) is 25.4. The number of imidazole rings is 2. The standard InChI is InChI=1S/C23H30FN10O9PS/c1-23(15(36)14(39-2)21(42-23)33-7-29-11-16(25)27-6-28-17(11)33)3-4-40-44(38,45)43-13-10(24)9(5-35)41-20(13)34-8-30-12-18(34)31-22(26)32-19(12)37/h6-10,13-15,20-21,35-36H,3-5H2,1-2H3,(H,38,45)(H2,25,27,28)(H3,26,31,32,37)/t9-,10-,13-,14-,15+,20-,21-,23-,44?/m1/s1. The number of nitrogens with one attached hydrogen (secondary N) is 1. The van der Waals surface area contributed by atoms with Gasteiger partial charge in [0.1, 0.15) is 36.3 Å². The SMILES string of the molecule is CO[C@H]1[C@H](n2cnc3c(N)ncnc32)O[C@](C)(CCOP(O)(=S)O[C@@H]2[C@H](F)[C@@H](CO)O[C@H]2n2cnc3c(=O)[nH]c(N)nc32)[C@H]1O. The van der Waals surface area contributed by atoms with E-state index in [1.54, 1.807) is 11.5 Å². The Balaban J connectivity index is 1.17. The molecular weight excluding hydrogens is 642 g/mol. The predicted octanol–water partition coefficient (Wildman–Crippen LogP) is -0.976. The van der Waals surface area contributed by atoms with Gasteiger partial charge in [-0.3, -0.25) is 23.4 Å². The molecule has 2 fully saturated rings. The molecule has 4 aromatic heterocycles. The molecule has 2 aliphatic heterocycles. The minimum atomic E-state index is -4.19. The molecule has 0 spiro atoms. The quantitative estimate of drug-likeness (QED) is 0.111. The second kappa shape index (κ2) is 11.8. The molecule has 4 aromatic rings. The van der Waals surface area contributed by atoms with E-state index in [1.165, 1.54) is 24.3 Å². The zero-order chi connectivity index (χ0) is 32.3. The highest BCUT2D eigenvalue weighted by Crippen LogP contribution is 2.51. The molecule has 0 saturated carbocycles. The second-order valence-corrected chi connectivity index (χ2v) is 13.4. The lowest BCUT2D eigenvalue weighted by Crippen LogP contribution is -2.42. The fraction of sp³-hybridized carbons (Fsp3) is 0.565. The van der Waals surface area contributed by atoms with Gasteiger partial charge >= 0.3 is 6.72 Å². The van der Waals surface area contributed by atoms with Crippen LogP contribution in [0.25, 0.3) is 22.3 Å². The molecular formula is C23H30FN10O9PS. The summed E-state index contributed by atoms with van der Waals surface area (Å²) in [6.45, 7) is -3.59. The van der Waals surface area contributed by atoms with Gasteiger partial charge in [-0.2, -0.15) is 4.98 Å². The van der Waals surface area contributed by atoms with Crippen LogP contribution in [0.2, 0.25) is 0 Å². The van der Waals surface area contributed by atoms with E-state index < -0.39 is 67.5 Å². The first-order chi connectivity index (χ1) is 21.4. The average molecular weight is 673 g/mol. The highest BCUT2D eigenvalue weighted by atomic mass is 32.5. The van der Waals surface area contributed by atoms with Gasteiger partial charge in [0, 0.05) is 13.5 Å². The molecule has 22 heteroatoms. The molecule has 244 valence electrons. The van der Waals surface area contributed by atoms with Crippen molar-refractivity contribution in [1.82, 2.24) is 39.0 Å². The van der Waals surface area contributed by atoms with Crippen LogP contribution in [-0.4, -0.2) is 111 Å². The van der Waals surface area contributed by atoms with Crippen LogP contribution in [0.1, 0.15) is 25.8 Å². The van der Waals surface area contributed by atoms with Gasteiger partial charge in [-0.25, -0.2) is 24.3 Å². The third-order valence-corrected chi connectivity index (χ3v) is 9.41. The molecule has 6 rings (SSSR count). The normalized spacial score (nSPS) is 31.6. The average Bonchev–Trinajstić information content (AvgIpc) is 3.73. The number of aromatic nitrogens is 8. The van der Waals surface area contributed by atoms with E-state index in [2.05, 4.69) is 29.9 Å². The number of rotatable bonds is 10. The van der Waals surface area contributed by atoms with E-state index >= 15 is 4.39 Å². The molecule has 45 heavy (non-hydrogen) atoms. The Morgan fingerprint density at radius 1 is 1.16 bits per heavy atom. The Hall–Kier alpha value is -3.24. The first-order valence-electron chi connectivity index (χ1n) is 13.5. The summed E-state index contributed by atoms with van der Waals surface area (Å²) < 4.78 is 46.7. The van der Waals surface area contributed by atoms with Gasteiger partial charge in [0.15, 0.2) is 41.3 Å². The van der Waals surface area contributed by atoms with Crippen molar-refractivity contribution in [3.05, 3.63) is 29.3 Å². The number of ether oxygens (including phenoxy) is 3. The Labute approximate surface area is 257 Å². The molecule has 0 aliphatic carbocycles. The van der Waals surface area contributed by atoms with Gasteiger partial charge in [-0.1, -0.05) is 0 Å². The van der Waals surface area contributed by atoms with Crippen LogP contribution in [0.5, 0.6) is 0 Å². The number of fused-ring (bicyclic) bond motifs is 2. The number of aromatic amines is 1. The summed E-state index contributed by atoms with van der Waals surface area (Å²) in [6, 6.07) is 0. The van der Waals surface area contributed by atoms with Crippen molar-refractivity contribution in [3.63, 3.8) is 0 Å². The third-order valence-electron chi connectivity index (χ3n) is 7.82. The molecule has 6 heterocycles. The maximum Gasteiger partial charge on any atom is 0.325 e. The summed E-state index contributed by atoms with van der Waals surface area (Å²) in [7, 11) is 1.41. The van der Waals surface area contributed by atoms with Crippen LogP contribution in [0.15, 0.2) is 23.8 Å². The van der Waals surface area contributed by atoms with Gasteiger partial charge < -0.3 is 45.3 Å². The number of nitrogens with two attached hydrogens (primary N) is 2. The van der Waals surface area contributed by atoms with Crippen LogP contribution in [0.4, 0.5) is 16.2 Å². The van der Waals surface area contributed by atoms with Crippen LogP contribution in [0, 0.1) is 0 Å². The van der Waals surface area contributed by atoms with Crippen molar-refractivity contribution >= 4 is 52.6 Å². The van der Waals surface area contributed by atoms with Crippen LogP contribution in [-0.2, 0) is 35.1 Å². The van der Waals surface area contributed by atoms with Crippen molar-refractivity contribution < 1.29 is 42.8 Å². The van der Waals surface area contributed by atoms with Crippen LogP contribution >= 0.6 is 6.72 Å². The van der Waals surface area contributed by atoms with Crippen molar-refractivity contribution in [2.24, 2.45) is 0 Å². The highest BCUT2D eigenvalue weighted by Gasteiger charge is 2.54. The maximum atomic E-state index is 15.4. The lowest BCUT2D eigenvalue weighted by Gasteiger charge is -2.29. The number of hydrogen-bond acceptors (Lipinski definition) is 16. The second-order valence-electron chi connectivity index (χ2n) is 10.6. The van der Waals surface area contributed by atoms with E-state index in [9.17, 15) is 19.9 Å². The summed E-state index contributed by atoms with van der Waals surface area (Å²) >= 11 is 5.19.